The second kappa shape index (κ2) is 5.91. The zero-order valence-corrected chi connectivity index (χ0v) is 14.1. The molecule has 0 fully saturated rings. The molecule has 0 bridgehead atoms. The fraction of sp³-hybridized carbons (Fsp3) is 0.0526. The van der Waals surface area contributed by atoms with Gasteiger partial charge in [0.1, 0.15) is 0 Å². The molecule has 2 heterocycles. The molecule has 1 aromatic heterocycles. The van der Waals surface area contributed by atoms with Gasteiger partial charge in [0.2, 0.25) is 10.0 Å². The van der Waals surface area contributed by atoms with Crippen LogP contribution < -0.4 is 5.14 Å². The van der Waals surface area contributed by atoms with Crippen LogP contribution in [-0.4, -0.2) is 19.6 Å². The van der Waals surface area contributed by atoms with Gasteiger partial charge in [0.05, 0.1) is 17.1 Å². The maximum Gasteiger partial charge on any atom is 0.238 e. The molecular formula is C19H15N3O2S. The minimum Gasteiger partial charge on any atom is -0.288 e. The van der Waals surface area contributed by atoms with Crippen molar-refractivity contribution in [3.05, 3.63) is 71.9 Å². The first-order valence-electron chi connectivity index (χ1n) is 7.74. The molecule has 6 heteroatoms. The zero-order chi connectivity index (χ0) is 17.4. The highest BCUT2D eigenvalue weighted by Gasteiger charge is 2.13. The Morgan fingerprint density at radius 3 is 2.48 bits per heavy atom. The molecule has 0 amide bonds. The highest BCUT2D eigenvalue weighted by Crippen LogP contribution is 2.32. The quantitative estimate of drug-likeness (QED) is 0.789. The van der Waals surface area contributed by atoms with Gasteiger partial charge in [-0.1, -0.05) is 30.3 Å². The summed E-state index contributed by atoms with van der Waals surface area (Å²) in [4.78, 5) is 8.87. The van der Waals surface area contributed by atoms with Gasteiger partial charge in [-0.15, -0.1) is 0 Å². The molecule has 1 aliphatic rings. The van der Waals surface area contributed by atoms with Gasteiger partial charge in [-0.05, 0) is 41.0 Å². The van der Waals surface area contributed by atoms with Crippen molar-refractivity contribution in [2.45, 2.75) is 11.4 Å². The second-order valence-electron chi connectivity index (χ2n) is 5.85. The third-order valence-electron chi connectivity index (χ3n) is 4.21. The van der Waals surface area contributed by atoms with Crippen LogP contribution in [0.15, 0.2) is 70.7 Å². The van der Waals surface area contributed by atoms with Crippen LogP contribution >= 0.6 is 0 Å². The molecule has 3 aromatic rings. The van der Waals surface area contributed by atoms with E-state index >= 15 is 0 Å². The number of pyridine rings is 1. The molecule has 0 spiro atoms. The lowest BCUT2D eigenvalue weighted by molar-refractivity contribution is 0.598. The lowest BCUT2D eigenvalue weighted by atomic mass is 9.96. The predicted octanol–water partition coefficient (Wildman–Crippen LogP) is 3.00. The second-order valence-corrected chi connectivity index (χ2v) is 7.41. The van der Waals surface area contributed by atoms with Gasteiger partial charge < -0.3 is 0 Å². The topological polar surface area (TPSA) is 85.4 Å². The van der Waals surface area contributed by atoms with E-state index < -0.39 is 10.0 Å². The molecule has 0 saturated carbocycles. The first-order valence-corrected chi connectivity index (χ1v) is 9.28. The van der Waals surface area contributed by atoms with E-state index in [4.69, 9.17) is 5.14 Å². The van der Waals surface area contributed by atoms with Crippen LogP contribution in [0.25, 0.3) is 22.4 Å². The van der Waals surface area contributed by atoms with Gasteiger partial charge in [0, 0.05) is 23.5 Å². The van der Waals surface area contributed by atoms with Crippen molar-refractivity contribution < 1.29 is 8.42 Å². The van der Waals surface area contributed by atoms with Crippen molar-refractivity contribution >= 4 is 16.2 Å². The average Bonchev–Trinajstić information content (AvgIpc) is 3.09. The summed E-state index contributed by atoms with van der Waals surface area (Å²) in [6, 6.07) is 16.6. The van der Waals surface area contributed by atoms with E-state index in [0.717, 1.165) is 34.5 Å². The van der Waals surface area contributed by atoms with Crippen LogP contribution in [0, 0.1) is 0 Å². The molecule has 2 N–H and O–H groups in total. The molecular weight excluding hydrogens is 334 g/mol. The third kappa shape index (κ3) is 2.97. The Kier molecular flexibility index (Phi) is 3.71. The van der Waals surface area contributed by atoms with E-state index in [1.54, 1.807) is 18.3 Å². The Labute approximate surface area is 145 Å². The van der Waals surface area contributed by atoms with Crippen LogP contribution in [0.1, 0.15) is 11.1 Å². The van der Waals surface area contributed by atoms with Crippen molar-refractivity contribution in [2.75, 3.05) is 0 Å². The average molecular weight is 349 g/mol. The van der Waals surface area contributed by atoms with E-state index in [1.165, 1.54) is 17.7 Å². The van der Waals surface area contributed by atoms with Crippen molar-refractivity contribution in [2.24, 2.45) is 10.1 Å². The fourth-order valence-corrected chi connectivity index (χ4v) is 3.46. The monoisotopic (exact) mass is 349 g/mol. The number of nitrogens with zero attached hydrogens (tertiary/aromatic N) is 2. The lowest BCUT2D eigenvalue weighted by Crippen LogP contribution is -2.11. The van der Waals surface area contributed by atoms with Gasteiger partial charge in [0.25, 0.3) is 0 Å². The minimum atomic E-state index is -3.71. The number of hydrogen-bond acceptors (Lipinski definition) is 4. The first kappa shape index (κ1) is 15.7. The van der Waals surface area contributed by atoms with E-state index in [0.29, 0.717) is 0 Å². The Morgan fingerprint density at radius 2 is 1.72 bits per heavy atom. The summed E-state index contributed by atoms with van der Waals surface area (Å²) in [5.41, 5.74) is 5.98. The summed E-state index contributed by atoms with van der Waals surface area (Å²) >= 11 is 0. The maximum absolute atomic E-state index is 11.4. The summed E-state index contributed by atoms with van der Waals surface area (Å²) in [6.07, 6.45) is 3.61. The lowest BCUT2D eigenvalue weighted by Gasteiger charge is -2.10. The van der Waals surface area contributed by atoms with Crippen LogP contribution in [0.4, 0.5) is 0 Å². The Balaban J connectivity index is 1.81. The van der Waals surface area contributed by atoms with Gasteiger partial charge in [0.15, 0.2) is 0 Å². The summed E-state index contributed by atoms with van der Waals surface area (Å²) < 4.78 is 22.9. The van der Waals surface area contributed by atoms with Gasteiger partial charge in [-0.3, -0.25) is 9.98 Å². The Bertz CT molecular complexity index is 1090. The molecule has 0 aliphatic carbocycles. The molecule has 25 heavy (non-hydrogen) atoms. The van der Waals surface area contributed by atoms with Gasteiger partial charge in [-0.25, -0.2) is 13.6 Å². The SMILES string of the molecule is NS(=O)(=O)c1ccc(-c2ncccc2-c2ccc3c(c2)C=NC3)cc1. The molecule has 2 aromatic carbocycles. The minimum absolute atomic E-state index is 0.0856. The molecule has 0 unspecified atom stereocenters. The van der Waals surface area contributed by atoms with Crippen molar-refractivity contribution in [3.63, 3.8) is 0 Å². The molecule has 1 aliphatic heterocycles. The zero-order valence-electron chi connectivity index (χ0n) is 13.3. The summed E-state index contributed by atoms with van der Waals surface area (Å²) in [7, 11) is -3.71. The molecule has 124 valence electrons. The standard InChI is InChI=1S/C19H15N3O2S/c20-25(23,24)17-7-5-13(6-8-17)19-18(2-1-9-22-19)14-3-4-15-11-21-12-16(15)10-14/h1-10,12H,11H2,(H2,20,23,24). The number of aromatic nitrogens is 1. The van der Waals surface area contributed by atoms with Crippen LogP contribution in [-0.2, 0) is 16.6 Å². The molecule has 5 nitrogen and oxygen atoms in total. The number of primary sulfonamides is 1. The maximum atomic E-state index is 11.4. The van der Waals surface area contributed by atoms with E-state index in [9.17, 15) is 8.42 Å². The van der Waals surface area contributed by atoms with Crippen molar-refractivity contribution in [1.29, 1.82) is 0 Å². The number of sulfonamides is 1. The fourth-order valence-electron chi connectivity index (χ4n) is 2.94. The number of fused-ring (bicyclic) bond motifs is 1. The van der Waals surface area contributed by atoms with E-state index in [2.05, 4.69) is 28.2 Å². The Hall–Kier alpha value is -2.83. The molecule has 0 saturated heterocycles. The molecule has 0 radical (unpaired) electrons. The predicted molar refractivity (Wildman–Crippen MR) is 97.8 cm³/mol. The van der Waals surface area contributed by atoms with Crippen molar-refractivity contribution in [1.82, 2.24) is 4.98 Å². The summed E-state index contributed by atoms with van der Waals surface area (Å²) in [6.45, 7) is 0.727. The summed E-state index contributed by atoms with van der Waals surface area (Å²) in [5.74, 6) is 0. The van der Waals surface area contributed by atoms with E-state index in [1.807, 2.05) is 18.3 Å². The van der Waals surface area contributed by atoms with Gasteiger partial charge >= 0.3 is 0 Å². The van der Waals surface area contributed by atoms with E-state index in [-0.39, 0.29) is 4.90 Å². The number of hydrogen-bond donors (Lipinski definition) is 1. The molecule has 0 atom stereocenters. The first-order chi connectivity index (χ1) is 12.0. The summed E-state index contributed by atoms with van der Waals surface area (Å²) in [5, 5.41) is 5.16. The van der Waals surface area contributed by atoms with Crippen LogP contribution in [0.5, 0.6) is 0 Å². The highest BCUT2D eigenvalue weighted by atomic mass is 32.2. The normalized spacial score (nSPS) is 13.0. The van der Waals surface area contributed by atoms with Crippen LogP contribution in [0.2, 0.25) is 0 Å². The molecule has 4 rings (SSSR count). The third-order valence-corrected chi connectivity index (χ3v) is 5.14. The largest absolute Gasteiger partial charge is 0.288 e. The highest BCUT2D eigenvalue weighted by molar-refractivity contribution is 7.89. The van der Waals surface area contributed by atoms with Crippen molar-refractivity contribution in [3.8, 4) is 22.4 Å². The van der Waals surface area contributed by atoms with Gasteiger partial charge in [-0.2, -0.15) is 0 Å². The number of nitrogens with two attached hydrogens (primary N) is 1. The number of aliphatic imine (C=N–C) groups is 1. The Morgan fingerprint density at radius 1 is 0.960 bits per heavy atom. The number of rotatable bonds is 3. The smallest absolute Gasteiger partial charge is 0.238 e. The van der Waals surface area contributed by atoms with Crippen LogP contribution in [0.3, 0.4) is 0 Å². The number of benzene rings is 2.